The van der Waals surface area contributed by atoms with Crippen LogP contribution >= 0.6 is 0 Å². The maximum atomic E-state index is 5.72. The van der Waals surface area contributed by atoms with Gasteiger partial charge in [-0.05, 0) is 57.5 Å². The molecule has 1 aromatic carbocycles. The number of pyridine rings is 1. The highest BCUT2D eigenvalue weighted by atomic mass is 16.5. The van der Waals surface area contributed by atoms with Crippen LogP contribution in [0.4, 0.5) is 5.69 Å². The van der Waals surface area contributed by atoms with Crippen molar-refractivity contribution in [1.82, 2.24) is 10.3 Å². The van der Waals surface area contributed by atoms with Crippen LogP contribution in [0.3, 0.4) is 0 Å². The zero-order valence-electron chi connectivity index (χ0n) is 19.6. The number of methoxy groups -OCH3 is 1. The van der Waals surface area contributed by atoms with Crippen molar-refractivity contribution in [3.8, 4) is 11.6 Å². The lowest BCUT2D eigenvalue weighted by molar-refractivity contribution is 0.0699. The predicted octanol–water partition coefficient (Wildman–Crippen LogP) is 3.88. The standard InChI is InChI=1S/C24H36N4O4/c1-5-31-23-20(8-6-13-25-23)18-27-24(26-14-7-15-30-17-16-29-4)28-21-9-11-22(12-10-21)32-19(2)3/h6,8-13,19H,5,7,14-18H2,1-4H3,(H2,26,27,28). The third-order valence-corrected chi connectivity index (χ3v) is 4.22. The molecule has 1 heterocycles. The summed E-state index contributed by atoms with van der Waals surface area (Å²) in [4.78, 5) is 9.03. The Balaban J connectivity index is 2.01. The minimum Gasteiger partial charge on any atom is -0.491 e. The molecule has 8 nitrogen and oxygen atoms in total. The summed E-state index contributed by atoms with van der Waals surface area (Å²) in [6.45, 7) is 9.54. The number of nitrogens with zero attached hydrogens (tertiary/aromatic N) is 2. The molecule has 2 rings (SSSR count). The van der Waals surface area contributed by atoms with Crippen LogP contribution in [0.2, 0.25) is 0 Å². The number of benzene rings is 1. The molecule has 0 bridgehead atoms. The van der Waals surface area contributed by atoms with Crippen LogP contribution in [0.15, 0.2) is 47.6 Å². The average Bonchev–Trinajstić information content (AvgIpc) is 2.78. The molecule has 0 amide bonds. The summed E-state index contributed by atoms with van der Waals surface area (Å²) in [5.74, 6) is 2.12. The molecule has 0 saturated carbocycles. The van der Waals surface area contributed by atoms with E-state index in [9.17, 15) is 0 Å². The molecule has 176 valence electrons. The molecule has 0 spiro atoms. The van der Waals surface area contributed by atoms with Gasteiger partial charge in [0.1, 0.15) is 5.75 Å². The molecule has 0 saturated heterocycles. The third kappa shape index (κ3) is 9.98. The van der Waals surface area contributed by atoms with Gasteiger partial charge in [-0.3, -0.25) is 0 Å². The quantitative estimate of drug-likeness (QED) is 0.260. The number of hydrogen-bond donors (Lipinski definition) is 2. The molecule has 8 heteroatoms. The van der Waals surface area contributed by atoms with Crippen LogP contribution in [-0.2, 0) is 16.0 Å². The van der Waals surface area contributed by atoms with Crippen molar-refractivity contribution in [3.63, 3.8) is 0 Å². The van der Waals surface area contributed by atoms with E-state index in [1.807, 2.05) is 57.2 Å². The SMILES string of the molecule is CCOc1ncccc1CN=C(NCCCOCCOC)Nc1ccc(OC(C)C)cc1. The Labute approximate surface area is 191 Å². The Morgan fingerprint density at radius 1 is 1.09 bits per heavy atom. The minimum absolute atomic E-state index is 0.137. The highest BCUT2D eigenvalue weighted by molar-refractivity contribution is 5.93. The second-order valence-electron chi connectivity index (χ2n) is 7.27. The lowest BCUT2D eigenvalue weighted by atomic mass is 10.3. The number of aromatic nitrogens is 1. The molecule has 0 aliphatic carbocycles. The van der Waals surface area contributed by atoms with E-state index >= 15 is 0 Å². The Bertz CT molecular complexity index is 797. The zero-order valence-corrected chi connectivity index (χ0v) is 19.6. The van der Waals surface area contributed by atoms with Gasteiger partial charge in [0.15, 0.2) is 5.96 Å². The van der Waals surface area contributed by atoms with Gasteiger partial charge in [0.05, 0.1) is 32.5 Å². The van der Waals surface area contributed by atoms with Crippen molar-refractivity contribution >= 4 is 11.6 Å². The van der Waals surface area contributed by atoms with Gasteiger partial charge in [0.2, 0.25) is 5.88 Å². The molecule has 0 aliphatic heterocycles. The van der Waals surface area contributed by atoms with Gasteiger partial charge < -0.3 is 29.6 Å². The monoisotopic (exact) mass is 444 g/mol. The lowest BCUT2D eigenvalue weighted by Crippen LogP contribution is -2.32. The van der Waals surface area contributed by atoms with Crippen molar-refractivity contribution in [1.29, 1.82) is 0 Å². The van der Waals surface area contributed by atoms with Gasteiger partial charge in [0, 0.05) is 37.7 Å². The zero-order chi connectivity index (χ0) is 23.0. The molecule has 0 unspecified atom stereocenters. The summed E-state index contributed by atoms with van der Waals surface area (Å²) in [6.07, 6.45) is 2.71. The number of rotatable bonds is 14. The fourth-order valence-corrected chi connectivity index (χ4v) is 2.77. The Kier molecular flexibility index (Phi) is 12.0. The van der Waals surface area contributed by atoms with E-state index in [-0.39, 0.29) is 6.10 Å². The van der Waals surface area contributed by atoms with Gasteiger partial charge in [-0.25, -0.2) is 9.98 Å². The van der Waals surface area contributed by atoms with Crippen LogP contribution in [0.25, 0.3) is 0 Å². The molecular weight excluding hydrogens is 408 g/mol. The first kappa shape index (κ1) is 25.4. The molecule has 0 radical (unpaired) electrons. The number of hydrogen-bond acceptors (Lipinski definition) is 6. The number of nitrogens with one attached hydrogen (secondary N) is 2. The summed E-state index contributed by atoms with van der Waals surface area (Å²) in [7, 11) is 1.67. The lowest BCUT2D eigenvalue weighted by Gasteiger charge is -2.15. The maximum absolute atomic E-state index is 5.72. The van der Waals surface area contributed by atoms with Gasteiger partial charge >= 0.3 is 0 Å². The summed E-state index contributed by atoms with van der Waals surface area (Å²) in [5.41, 5.74) is 1.85. The Morgan fingerprint density at radius 3 is 2.62 bits per heavy atom. The molecule has 2 N–H and O–H groups in total. The van der Waals surface area contributed by atoms with E-state index in [2.05, 4.69) is 15.6 Å². The summed E-state index contributed by atoms with van der Waals surface area (Å²) < 4.78 is 21.9. The second kappa shape index (κ2) is 15.0. The van der Waals surface area contributed by atoms with Crippen molar-refractivity contribution in [3.05, 3.63) is 48.2 Å². The molecule has 1 aromatic heterocycles. The Hall–Kier alpha value is -2.84. The van der Waals surface area contributed by atoms with Crippen LogP contribution in [0.5, 0.6) is 11.6 Å². The van der Waals surface area contributed by atoms with E-state index in [1.165, 1.54) is 0 Å². The first-order valence-corrected chi connectivity index (χ1v) is 11.1. The van der Waals surface area contributed by atoms with E-state index < -0.39 is 0 Å². The fourth-order valence-electron chi connectivity index (χ4n) is 2.77. The molecule has 2 aromatic rings. The molecular formula is C24H36N4O4. The normalized spacial score (nSPS) is 11.5. The molecule has 0 aliphatic rings. The predicted molar refractivity (Wildman–Crippen MR) is 128 cm³/mol. The number of aliphatic imine (C=N–C) groups is 1. The second-order valence-corrected chi connectivity index (χ2v) is 7.27. The van der Waals surface area contributed by atoms with Crippen LogP contribution in [0, 0.1) is 0 Å². The molecule has 0 atom stereocenters. The molecule has 0 fully saturated rings. The van der Waals surface area contributed by atoms with Crippen molar-refractivity contribution < 1.29 is 18.9 Å². The Morgan fingerprint density at radius 2 is 1.91 bits per heavy atom. The average molecular weight is 445 g/mol. The van der Waals surface area contributed by atoms with Crippen LogP contribution in [0.1, 0.15) is 32.8 Å². The minimum atomic E-state index is 0.137. The third-order valence-electron chi connectivity index (χ3n) is 4.22. The first-order chi connectivity index (χ1) is 15.6. The van der Waals surface area contributed by atoms with E-state index in [0.29, 0.717) is 44.8 Å². The number of guanidine groups is 1. The fraction of sp³-hybridized carbons (Fsp3) is 0.500. The van der Waals surface area contributed by atoms with Gasteiger partial charge in [0.25, 0.3) is 0 Å². The summed E-state index contributed by atoms with van der Waals surface area (Å²) in [6, 6.07) is 11.7. The smallest absolute Gasteiger partial charge is 0.218 e. The van der Waals surface area contributed by atoms with Crippen LogP contribution < -0.4 is 20.1 Å². The topological polar surface area (TPSA) is 86.2 Å². The van der Waals surface area contributed by atoms with Gasteiger partial charge in [-0.2, -0.15) is 0 Å². The highest BCUT2D eigenvalue weighted by Crippen LogP contribution is 2.18. The van der Waals surface area contributed by atoms with E-state index in [4.69, 9.17) is 23.9 Å². The maximum Gasteiger partial charge on any atom is 0.218 e. The first-order valence-electron chi connectivity index (χ1n) is 11.1. The van der Waals surface area contributed by atoms with Crippen molar-refractivity contribution in [2.75, 3.05) is 45.4 Å². The van der Waals surface area contributed by atoms with E-state index in [1.54, 1.807) is 13.3 Å². The van der Waals surface area contributed by atoms with Crippen molar-refractivity contribution in [2.24, 2.45) is 4.99 Å². The number of anilines is 1. The number of ether oxygens (including phenoxy) is 4. The molecule has 32 heavy (non-hydrogen) atoms. The van der Waals surface area contributed by atoms with Gasteiger partial charge in [-0.1, -0.05) is 6.07 Å². The summed E-state index contributed by atoms with van der Waals surface area (Å²) in [5, 5.41) is 6.72. The summed E-state index contributed by atoms with van der Waals surface area (Å²) >= 11 is 0. The van der Waals surface area contributed by atoms with Crippen molar-refractivity contribution in [2.45, 2.75) is 39.8 Å². The largest absolute Gasteiger partial charge is 0.491 e. The van der Waals surface area contributed by atoms with E-state index in [0.717, 1.165) is 30.0 Å². The van der Waals surface area contributed by atoms with Gasteiger partial charge in [-0.15, -0.1) is 0 Å². The van der Waals surface area contributed by atoms with Crippen LogP contribution in [-0.4, -0.2) is 57.1 Å². The highest BCUT2D eigenvalue weighted by Gasteiger charge is 2.06.